The number of sulfonamides is 1. The Hall–Kier alpha value is -3.11. The van der Waals surface area contributed by atoms with E-state index in [2.05, 4.69) is 0 Å². The van der Waals surface area contributed by atoms with Crippen molar-refractivity contribution in [2.24, 2.45) is 5.14 Å². The second-order valence-electron chi connectivity index (χ2n) is 5.37. The summed E-state index contributed by atoms with van der Waals surface area (Å²) in [7, 11) is -3.84. The Labute approximate surface area is 141 Å². The quantitative estimate of drug-likeness (QED) is 0.490. The average Bonchev–Trinajstić information content (AvgIpc) is 2.79. The van der Waals surface area contributed by atoms with Gasteiger partial charge in [-0.05, 0) is 23.8 Å². The van der Waals surface area contributed by atoms with Crippen LogP contribution in [0.25, 0.3) is 0 Å². The van der Waals surface area contributed by atoms with Gasteiger partial charge in [0, 0.05) is 12.1 Å². The molecule has 0 saturated heterocycles. The number of amides is 2. The summed E-state index contributed by atoms with van der Waals surface area (Å²) in [5, 5.41) is 15.8. The van der Waals surface area contributed by atoms with Gasteiger partial charge in [0.2, 0.25) is 10.0 Å². The molecule has 128 valence electrons. The van der Waals surface area contributed by atoms with Crippen molar-refractivity contribution in [3.8, 4) is 0 Å². The van der Waals surface area contributed by atoms with E-state index in [4.69, 9.17) is 5.14 Å². The number of nitro groups is 1. The minimum Gasteiger partial charge on any atom is -0.270 e. The van der Waals surface area contributed by atoms with E-state index >= 15 is 0 Å². The fraction of sp³-hybridized carbons (Fsp3) is 0.0667. The molecule has 10 heteroatoms. The van der Waals surface area contributed by atoms with Crippen molar-refractivity contribution in [1.82, 2.24) is 4.90 Å². The molecule has 1 aliphatic heterocycles. The summed E-state index contributed by atoms with van der Waals surface area (Å²) < 4.78 is 22.5. The van der Waals surface area contributed by atoms with Gasteiger partial charge in [-0.25, -0.2) is 13.6 Å². The molecule has 0 spiro atoms. The summed E-state index contributed by atoms with van der Waals surface area (Å²) >= 11 is 0. The Balaban J connectivity index is 1.88. The predicted octanol–water partition coefficient (Wildman–Crippen LogP) is 1.04. The highest BCUT2D eigenvalue weighted by Crippen LogP contribution is 2.28. The molecule has 0 aromatic heterocycles. The lowest BCUT2D eigenvalue weighted by molar-refractivity contribution is -0.384. The number of carbonyl (C=O) groups excluding carboxylic acids is 2. The van der Waals surface area contributed by atoms with Gasteiger partial charge < -0.3 is 0 Å². The molecule has 0 radical (unpaired) electrons. The van der Waals surface area contributed by atoms with E-state index < -0.39 is 26.8 Å². The first-order valence-electron chi connectivity index (χ1n) is 6.95. The van der Waals surface area contributed by atoms with Gasteiger partial charge in [-0.1, -0.05) is 12.1 Å². The van der Waals surface area contributed by atoms with Gasteiger partial charge >= 0.3 is 0 Å². The van der Waals surface area contributed by atoms with Crippen molar-refractivity contribution >= 4 is 27.5 Å². The average molecular weight is 361 g/mol. The first-order valence-corrected chi connectivity index (χ1v) is 8.49. The monoisotopic (exact) mass is 361 g/mol. The van der Waals surface area contributed by atoms with E-state index in [-0.39, 0.29) is 28.3 Å². The summed E-state index contributed by atoms with van der Waals surface area (Å²) in [6.07, 6.45) is 0. The minimum absolute atomic E-state index is 0.0274. The van der Waals surface area contributed by atoms with Crippen LogP contribution < -0.4 is 5.14 Å². The number of primary sulfonamides is 1. The molecule has 0 saturated carbocycles. The van der Waals surface area contributed by atoms with Crippen LogP contribution in [0.5, 0.6) is 0 Å². The first kappa shape index (κ1) is 16.7. The van der Waals surface area contributed by atoms with Crippen molar-refractivity contribution in [2.75, 3.05) is 0 Å². The number of carbonyl (C=O) groups is 2. The first-order chi connectivity index (χ1) is 11.7. The van der Waals surface area contributed by atoms with Crippen LogP contribution in [0, 0.1) is 10.1 Å². The number of rotatable bonds is 4. The van der Waals surface area contributed by atoms with Gasteiger partial charge in [0.05, 0.1) is 27.5 Å². The molecule has 0 bridgehead atoms. The van der Waals surface area contributed by atoms with Gasteiger partial charge in [0.15, 0.2) is 0 Å². The maximum Gasteiger partial charge on any atom is 0.270 e. The lowest BCUT2D eigenvalue weighted by Gasteiger charge is -2.14. The van der Waals surface area contributed by atoms with Crippen LogP contribution >= 0.6 is 0 Å². The molecule has 25 heavy (non-hydrogen) atoms. The third kappa shape index (κ3) is 2.99. The number of fused-ring (bicyclic) bond motifs is 1. The molecule has 9 nitrogen and oxygen atoms in total. The summed E-state index contributed by atoms with van der Waals surface area (Å²) in [6, 6.07) is 8.89. The highest BCUT2D eigenvalue weighted by molar-refractivity contribution is 7.89. The fourth-order valence-corrected chi connectivity index (χ4v) is 3.02. The van der Waals surface area contributed by atoms with Crippen LogP contribution in [-0.2, 0) is 16.6 Å². The second-order valence-corrected chi connectivity index (χ2v) is 6.93. The Morgan fingerprint density at radius 1 is 1.00 bits per heavy atom. The standard InChI is InChI=1S/C15H11N3O6S/c16-25(23,24)11-4-1-9(2-5-11)8-17-14(19)12-6-3-10(18(21)22)7-13(12)15(17)20/h1-7H,8H2,(H2,16,23,24). The summed E-state index contributed by atoms with van der Waals surface area (Å²) in [4.78, 5) is 35.7. The maximum absolute atomic E-state index is 12.4. The number of imide groups is 1. The molecule has 0 fully saturated rings. The van der Waals surface area contributed by atoms with E-state index in [9.17, 15) is 28.1 Å². The van der Waals surface area contributed by atoms with E-state index in [0.29, 0.717) is 5.56 Å². The smallest absolute Gasteiger partial charge is 0.270 e. The third-order valence-corrected chi connectivity index (χ3v) is 4.69. The number of benzene rings is 2. The zero-order chi connectivity index (χ0) is 18.4. The van der Waals surface area contributed by atoms with Crippen molar-refractivity contribution in [1.29, 1.82) is 0 Å². The molecule has 0 unspecified atom stereocenters. The SMILES string of the molecule is NS(=O)(=O)c1ccc(CN2C(=O)c3ccc([N+](=O)[O-])cc3C2=O)cc1. The Morgan fingerprint density at radius 2 is 1.60 bits per heavy atom. The molecule has 2 aromatic carbocycles. The molecule has 2 amide bonds. The highest BCUT2D eigenvalue weighted by Gasteiger charge is 2.36. The van der Waals surface area contributed by atoms with Crippen molar-refractivity contribution in [2.45, 2.75) is 11.4 Å². The van der Waals surface area contributed by atoms with E-state index in [1.165, 1.54) is 30.3 Å². The highest BCUT2D eigenvalue weighted by atomic mass is 32.2. The second kappa shape index (κ2) is 5.76. The van der Waals surface area contributed by atoms with E-state index in [1.807, 2.05) is 0 Å². The van der Waals surface area contributed by atoms with Crippen molar-refractivity contribution < 1.29 is 22.9 Å². The Kier molecular flexibility index (Phi) is 3.85. The Morgan fingerprint density at radius 3 is 2.16 bits per heavy atom. The largest absolute Gasteiger partial charge is 0.270 e. The molecule has 2 aromatic rings. The number of non-ortho nitro benzene ring substituents is 1. The number of nitrogens with two attached hydrogens (primary N) is 1. The van der Waals surface area contributed by atoms with E-state index in [1.54, 1.807) is 0 Å². The van der Waals surface area contributed by atoms with Crippen LogP contribution in [0.1, 0.15) is 26.3 Å². The molecule has 3 rings (SSSR count). The van der Waals surface area contributed by atoms with E-state index in [0.717, 1.165) is 17.0 Å². The van der Waals surface area contributed by atoms with Crippen LogP contribution in [0.2, 0.25) is 0 Å². The zero-order valence-corrected chi connectivity index (χ0v) is 13.4. The van der Waals surface area contributed by atoms with Crippen LogP contribution in [0.3, 0.4) is 0 Å². The van der Waals surface area contributed by atoms with Crippen LogP contribution in [0.15, 0.2) is 47.4 Å². The number of nitro benzene ring substituents is 1. The van der Waals surface area contributed by atoms with Gasteiger partial charge in [-0.2, -0.15) is 0 Å². The molecular weight excluding hydrogens is 350 g/mol. The lowest BCUT2D eigenvalue weighted by Crippen LogP contribution is -2.29. The van der Waals surface area contributed by atoms with Crippen molar-refractivity contribution in [3.63, 3.8) is 0 Å². The number of hydrogen-bond donors (Lipinski definition) is 1. The predicted molar refractivity (Wildman–Crippen MR) is 85.1 cm³/mol. The lowest BCUT2D eigenvalue weighted by atomic mass is 10.1. The molecule has 2 N–H and O–H groups in total. The fourth-order valence-electron chi connectivity index (χ4n) is 2.50. The summed E-state index contributed by atoms with van der Waals surface area (Å²) in [5.74, 6) is -1.20. The van der Waals surface area contributed by atoms with Gasteiger partial charge in [0.1, 0.15) is 0 Å². The third-order valence-electron chi connectivity index (χ3n) is 3.76. The molecule has 1 heterocycles. The van der Waals surface area contributed by atoms with Gasteiger partial charge in [-0.15, -0.1) is 0 Å². The van der Waals surface area contributed by atoms with Crippen LogP contribution in [0.4, 0.5) is 5.69 Å². The maximum atomic E-state index is 12.4. The topological polar surface area (TPSA) is 141 Å². The van der Waals surface area contributed by atoms with Crippen molar-refractivity contribution in [3.05, 3.63) is 69.3 Å². The molecular formula is C15H11N3O6S. The van der Waals surface area contributed by atoms with Gasteiger partial charge in [0.25, 0.3) is 17.5 Å². The van der Waals surface area contributed by atoms with Crippen LogP contribution in [-0.4, -0.2) is 30.1 Å². The summed E-state index contributed by atoms with van der Waals surface area (Å²) in [6.45, 7) is -0.0922. The minimum atomic E-state index is -3.84. The molecule has 1 aliphatic rings. The zero-order valence-electron chi connectivity index (χ0n) is 12.6. The number of nitrogens with zero attached hydrogens (tertiary/aromatic N) is 2. The number of hydrogen-bond acceptors (Lipinski definition) is 6. The van der Waals surface area contributed by atoms with Gasteiger partial charge in [-0.3, -0.25) is 24.6 Å². The normalized spacial score (nSPS) is 13.9. The Bertz CT molecular complexity index is 1010. The summed E-state index contributed by atoms with van der Waals surface area (Å²) in [5.41, 5.74) is 0.299. The molecule has 0 atom stereocenters. The molecule has 0 aliphatic carbocycles.